The molecule has 0 atom stereocenters. The molecule has 0 saturated heterocycles. The second kappa shape index (κ2) is 6.15. The molecule has 0 aromatic carbocycles. The van der Waals surface area contributed by atoms with E-state index < -0.39 is 0 Å². The molecule has 0 amide bonds. The van der Waals surface area contributed by atoms with Crippen LogP contribution in [0.5, 0.6) is 0 Å². The number of nitrogen functional groups attached to an aromatic ring is 1. The van der Waals surface area contributed by atoms with E-state index in [4.69, 9.17) is 10.5 Å². The summed E-state index contributed by atoms with van der Waals surface area (Å²) in [5, 5.41) is 3.99. The van der Waals surface area contributed by atoms with Gasteiger partial charge in [0.1, 0.15) is 0 Å². The van der Waals surface area contributed by atoms with Crippen molar-refractivity contribution >= 4 is 11.7 Å². The van der Waals surface area contributed by atoms with Crippen LogP contribution in [0.1, 0.15) is 43.6 Å². The van der Waals surface area contributed by atoms with Gasteiger partial charge in [0.2, 0.25) is 0 Å². The molecule has 1 aromatic rings. The predicted octanol–water partition coefficient (Wildman–Crippen LogP) is 1.83. The second-order valence-corrected chi connectivity index (χ2v) is 3.61. The Labute approximate surface area is 95.6 Å². The van der Waals surface area contributed by atoms with Gasteiger partial charge in [-0.15, -0.1) is 0 Å². The Kier molecular flexibility index (Phi) is 4.82. The first-order valence-corrected chi connectivity index (χ1v) is 5.69. The highest BCUT2D eigenvalue weighted by molar-refractivity contribution is 5.93. The first kappa shape index (κ1) is 12.5. The van der Waals surface area contributed by atoms with Crippen LogP contribution in [0.2, 0.25) is 0 Å². The minimum Gasteiger partial charge on any atom is -0.461 e. The molecule has 0 aliphatic heterocycles. The number of anilines is 1. The van der Waals surface area contributed by atoms with Gasteiger partial charge >= 0.3 is 5.97 Å². The van der Waals surface area contributed by atoms with Gasteiger partial charge in [0.15, 0.2) is 5.69 Å². The molecule has 1 rings (SSSR count). The van der Waals surface area contributed by atoms with Crippen LogP contribution >= 0.6 is 0 Å². The molecule has 1 heterocycles. The molecule has 0 aliphatic rings. The van der Waals surface area contributed by atoms with E-state index in [9.17, 15) is 4.79 Å². The molecule has 0 fully saturated rings. The first-order chi connectivity index (χ1) is 7.70. The fourth-order valence-electron chi connectivity index (χ4n) is 1.45. The molecule has 1 aromatic heterocycles. The van der Waals surface area contributed by atoms with Crippen LogP contribution in [-0.4, -0.2) is 22.4 Å². The Morgan fingerprint density at radius 1 is 1.50 bits per heavy atom. The monoisotopic (exact) mass is 225 g/mol. The first-order valence-electron chi connectivity index (χ1n) is 5.69. The average Bonchev–Trinajstić information content (AvgIpc) is 2.65. The third-order valence-corrected chi connectivity index (χ3v) is 2.34. The summed E-state index contributed by atoms with van der Waals surface area (Å²) in [6.45, 7) is 5.06. The summed E-state index contributed by atoms with van der Waals surface area (Å²) in [6, 6.07) is 0. The van der Waals surface area contributed by atoms with Gasteiger partial charge in [-0.1, -0.05) is 19.8 Å². The van der Waals surface area contributed by atoms with Crippen LogP contribution in [-0.2, 0) is 11.3 Å². The van der Waals surface area contributed by atoms with Crippen LogP contribution in [0.25, 0.3) is 0 Å². The lowest BCUT2D eigenvalue weighted by atomic mass is 10.3. The molecule has 5 heteroatoms. The number of aryl methyl sites for hydroxylation is 1. The Morgan fingerprint density at radius 2 is 2.25 bits per heavy atom. The predicted molar refractivity (Wildman–Crippen MR) is 62.1 cm³/mol. The summed E-state index contributed by atoms with van der Waals surface area (Å²) in [5.74, 6) is -0.382. The second-order valence-electron chi connectivity index (χ2n) is 3.61. The van der Waals surface area contributed by atoms with Crippen molar-refractivity contribution in [3.05, 3.63) is 11.9 Å². The molecule has 0 spiro atoms. The SMILES string of the molecule is CCCCCOC(=O)c1c(N)cnn1CC. The largest absolute Gasteiger partial charge is 0.461 e. The Balaban J connectivity index is 2.55. The van der Waals surface area contributed by atoms with Crippen molar-refractivity contribution in [2.24, 2.45) is 0 Å². The van der Waals surface area contributed by atoms with Crippen molar-refractivity contribution in [3.63, 3.8) is 0 Å². The number of rotatable bonds is 6. The third-order valence-electron chi connectivity index (χ3n) is 2.34. The molecule has 0 radical (unpaired) electrons. The van der Waals surface area contributed by atoms with E-state index in [1.165, 1.54) is 6.20 Å². The fraction of sp³-hybridized carbons (Fsp3) is 0.636. The number of carbonyl (C=O) groups is 1. The number of carbonyl (C=O) groups excluding carboxylic acids is 1. The summed E-state index contributed by atoms with van der Waals surface area (Å²) in [5.41, 5.74) is 6.40. The highest BCUT2D eigenvalue weighted by Gasteiger charge is 2.17. The maximum Gasteiger partial charge on any atom is 0.358 e. The van der Waals surface area contributed by atoms with Gasteiger partial charge in [-0.2, -0.15) is 5.10 Å². The number of nitrogens with zero attached hydrogens (tertiary/aromatic N) is 2. The number of hydrogen-bond acceptors (Lipinski definition) is 4. The number of hydrogen-bond donors (Lipinski definition) is 1. The van der Waals surface area contributed by atoms with Crippen molar-refractivity contribution < 1.29 is 9.53 Å². The number of ether oxygens (including phenoxy) is 1. The van der Waals surface area contributed by atoms with E-state index >= 15 is 0 Å². The topological polar surface area (TPSA) is 70.1 Å². The zero-order chi connectivity index (χ0) is 12.0. The Bertz CT molecular complexity index is 347. The zero-order valence-electron chi connectivity index (χ0n) is 9.90. The minimum atomic E-state index is -0.382. The molecule has 5 nitrogen and oxygen atoms in total. The lowest BCUT2D eigenvalue weighted by Gasteiger charge is -2.06. The van der Waals surface area contributed by atoms with Crippen molar-refractivity contribution in [2.75, 3.05) is 12.3 Å². The van der Waals surface area contributed by atoms with Crippen molar-refractivity contribution in [1.29, 1.82) is 0 Å². The highest BCUT2D eigenvalue weighted by Crippen LogP contribution is 2.12. The lowest BCUT2D eigenvalue weighted by Crippen LogP contribution is -2.14. The summed E-state index contributed by atoms with van der Waals surface area (Å²) in [6.07, 6.45) is 4.54. The quantitative estimate of drug-likeness (QED) is 0.592. The lowest BCUT2D eigenvalue weighted by molar-refractivity contribution is 0.0485. The summed E-state index contributed by atoms with van der Waals surface area (Å²) >= 11 is 0. The maximum atomic E-state index is 11.7. The molecule has 0 unspecified atom stereocenters. The summed E-state index contributed by atoms with van der Waals surface area (Å²) < 4.78 is 6.69. The Hall–Kier alpha value is -1.52. The minimum absolute atomic E-state index is 0.360. The summed E-state index contributed by atoms with van der Waals surface area (Å²) in [4.78, 5) is 11.7. The van der Waals surface area contributed by atoms with Gasteiger partial charge in [0.25, 0.3) is 0 Å². The molecule has 16 heavy (non-hydrogen) atoms. The average molecular weight is 225 g/mol. The standard InChI is InChI=1S/C11H19N3O2/c1-3-5-6-7-16-11(15)10-9(12)8-13-14(10)4-2/h8H,3-7,12H2,1-2H3. The van der Waals surface area contributed by atoms with Crippen molar-refractivity contribution in [1.82, 2.24) is 9.78 Å². The van der Waals surface area contributed by atoms with E-state index in [2.05, 4.69) is 12.0 Å². The molecule has 90 valence electrons. The van der Waals surface area contributed by atoms with Gasteiger partial charge in [-0.05, 0) is 13.3 Å². The smallest absolute Gasteiger partial charge is 0.358 e. The fourth-order valence-corrected chi connectivity index (χ4v) is 1.45. The third kappa shape index (κ3) is 2.98. The van der Waals surface area contributed by atoms with E-state index in [0.29, 0.717) is 24.5 Å². The van der Waals surface area contributed by atoms with Crippen LogP contribution in [0, 0.1) is 0 Å². The number of nitrogens with two attached hydrogens (primary N) is 1. The van der Waals surface area contributed by atoms with Crippen LogP contribution in [0.3, 0.4) is 0 Å². The van der Waals surface area contributed by atoms with Crippen molar-refractivity contribution in [2.45, 2.75) is 39.7 Å². The summed E-state index contributed by atoms with van der Waals surface area (Å²) in [7, 11) is 0. The van der Waals surface area contributed by atoms with E-state index in [-0.39, 0.29) is 5.97 Å². The number of unbranched alkanes of at least 4 members (excludes halogenated alkanes) is 2. The highest BCUT2D eigenvalue weighted by atomic mass is 16.5. The van der Waals surface area contributed by atoms with E-state index in [1.54, 1.807) is 4.68 Å². The molecular formula is C11H19N3O2. The normalized spacial score (nSPS) is 10.4. The maximum absolute atomic E-state index is 11.7. The zero-order valence-corrected chi connectivity index (χ0v) is 9.90. The molecule has 0 saturated carbocycles. The van der Waals surface area contributed by atoms with Crippen LogP contribution in [0.15, 0.2) is 6.20 Å². The molecule has 0 aliphatic carbocycles. The van der Waals surface area contributed by atoms with E-state index in [0.717, 1.165) is 19.3 Å². The number of esters is 1. The van der Waals surface area contributed by atoms with Crippen LogP contribution < -0.4 is 5.73 Å². The van der Waals surface area contributed by atoms with Crippen molar-refractivity contribution in [3.8, 4) is 0 Å². The van der Waals surface area contributed by atoms with Gasteiger partial charge in [-0.3, -0.25) is 4.68 Å². The van der Waals surface area contributed by atoms with Gasteiger partial charge in [-0.25, -0.2) is 4.79 Å². The van der Waals surface area contributed by atoms with Crippen LogP contribution in [0.4, 0.5) is 5.69 Å². The van der Waals surface area contributed by atoms with E-state index in [1.807, 2.05) is 6.92 Å². The molecule has 0 bridgehead atoms. The molecular weight excluding hydrogens is 206 g/mol. The van der Waals surface area contributed by atoms with Gasteiger partial charge in [0, 0.05) is 6.54 Å². The molecule has 2 N–H and O–H groups in total. The van der Waals surface area contributed by atoms with Gasteiger partial charge < -0.3 is 10.5 Å². The van der Waals surface area contributed by atoms with Gasteiger partial charge in [0.05, 0.1) is 18.5 Å². The number of aromatic nitrogens is 2. The Morgan fingerprint density at radius 3 is 2.88 bits per heavy atom.